The second kappa shape index (κ2) is 5.25. The Kier molecular flexibility index (Phi) is 3.71. The highest BCUT2D eigenvalue weighted by molar-refractivity contribution is 6.30. The maximum Gasteiger partial charge on any atom is 0.177 e. The molecular formula is C10H9Cl2N3O2. The molecule has 1 aliphatic rings. The molecule has 0 N–H and O–H groups in total. The summed E-state index contributed by atoms with van der Waals surface area (Å²) < 4.78 is 0. The van der Waals surface area contributed by atoms with E-state index < -0.39 is 5.50 Å². The number of hydrogen-bond acceptors (Lipinski definition) is 5. The van der Waals surface area contributed by atoms with E-state index in [-0.39, 0.29) is 6.67 Å². The fraction of sp³-hybridized carbons (Fsp3) is 0.200. The zero-order valence-corrected chi connectivity index (χ0v) is 10.2. The molecule has 0 spiro atoms. The molecule has 1 aromatic rings. The summed E-state index contributed by atoms with van der Waals surface area (Å²) >= 11 is 11.5. The van der Waals surface area contributed by atoms with Gasteiger partial charge in [0.15, 0.2) is 17.5 Å². The molecule has 0 bridgehead atoms. The van der Waals surface area contributed by atoms with Gasteiger partial charge < -0.3 is 4.84 Å². The first kappa shape index (κ1) is 12.0. The van der Waals surface area contributed by atoms with E-state index in [1.54, 1.807) is 24.3 Å². The molecule has 1 unspecified atom stereocenters. The van der Waals surface area contributed by atoms with E-state index >= 15 is 0 Å². The Bertz CT molecular complexity index is 424. The van der Waals surface area contributed by atoms with Crippen molar-refractivity contribution in [2.24, 2.45) is 5.10 Å². The number of alkyl halides is 1. The van der Waals surface area contributed by atoms with Gasteiger partial charge in [-0.25, -0.2) is 5.01 Å². The SMILES string of the molecule is O=CC(Cl)N1CN(Oc2ccc(Cl)cc2)C=N1. The van der Waals surface area contributed by atoms with Gasteiger partial charge in [-0.05, 0) is 24.3 Å². The van der Waals surface area contributed by atoms with Crippen LogP contribution in [0.25, 0.3) is 0 Å². The lowest BCUT2D eigenvalue weighted by atomic mass is 10.3. The van der Waals surface area contributed by atoms with Crippen molar-refractivity contribution in [1.29, 1.82) is 0 Å². The van der Waals surface area contributed by atoms with Crippen LogP contribution < -0.4 is 4.84 Å². The molecule has 7 heteroatoms. The fourth-order valence-corrected chi connectivity index (χ4v) is 1.47. The first-order valence-electron chi connectivity index (χ1n) is 4.79. The van der Waals surface area contributed by atoms with Crippen molar-refractivity contribution in [2.45, 2.75) is 5.50 Å². The zero-order chi connectivity index (χ0) is 12.3. The number of hydrogen-bond donors (Lipinski definition) is 0. The Hall–Kier alpha value is -1.46. The predicted molar refractivity (Wildman–Crippen MR) is 64.8 cm³/mol. The Balaban J connectivity index is 1.92. The number of halogens is 2. The highest BCUT2D eigenvalue weighted by Gasteiger charge is 2.21. The number of rotatable bonds is 4. The molecule has 0 fully saturated rings. The summed E-state index contributed by atoms with van der Waals surface area (Å²) in [6.07, 6.45) is 2.05. The van der Waals surface area contributed by atoms with E-state index in [1.165, 1.54) is 16.4 Å². The van der Waals surface area contributed by atoms with Gasteiger partial charge in [-0.15, -0.1) is 0 Å². The number of aldehydes is 1. The summed E-state index contributed by atoms with van der Waals surface area (Å²) in [6, 6.07) is 6.91. The second-order valence-corrected chi connectivity index (χ2v) is 4.17. The summed E-state index contributed by atoms with van der Waals surface area (Å²) in [5.74, 6) is 0.625. The smallest absolute Gasteiger partial charge is 0.177 e. The van der Waals surface area contributed by atoms with Gasteiger partial charge in [0.1, 0.15) is 13.0 Å². The van der Waals surface area contributed by atoms with Crippen molar-refractivity contribution in [2.75, 3.05) is 6.67 Å². The van der Waals surface area contributed by atoms with E-state index in [2.05, 4.69) is 5.10 Å². The monoisotopic (exact) mass is 273 g/mol. The number of nitrogens with zero attached hydrogens (tertiary/aromatic N) is 3. The molecule has 1 atom stereocenters. The van der Waals surface area contributed by atoms with Gasteiger partial charge in [-0.2, -0.15) is 10.2 Å². The van der Waals surface area contributed by atoms with Gasteiger partial charge in [0.05, 0.1) is 0 Å². The molecule has 90 valence electrons. The fourth-order valence-electron chi connectivity index (χ4n) is 1.23. The normalized spacial score (nSPS) is 16.1. The molecule has 5 nitrogen and oxygen atoms in total. The van der Waals surface area contributed by atoms with Crippen LogP contribution in [-0.4, -0.2) is 34.9 Å². The molecule has 0 aliphatic carbocycles. The van der Waals surface area contributed by atoms with Gasteiger partial charge >= 0.3 is 0 Å². The topological polar surface area (TPSA) is 45.1 Å². The van der Waals surface area contributed by atoms with Crippen LogP contribution in [0, 0.1) is 0 Å². The highest BCUT2D eigenvalue weighted by Crippen LogP contribution is 2.18. The van der Waals surface area contributed by atoms with Crippen molar-refractivity contribution in [3.63, 3.8) is 0 Å². The molecule has 0 amide bonds. The molecule has 0 saturated carbocycles. The van der Waals surface area contributed by atoms with E-state index in [4.69, 9.17) is 28.0 Å². The quantitative estimate of drug-likeness (QED) is 0.478. The lowest BCUT2D eigenvalue weighted by molar-refractivity contribution is -0.111. The van der Waals surface area contributed by atoms with Crippen LogP contribution in [0.3, 0.4) is 0 Å². The van der Waals surface area contributed by atoms with Crippen LogP contribution in [0.15, 0.2) is 29.4 Å². The standard InChI is InChI=1S/C10H9Cl2N3O2/c11-8-1-3-9(4-2-8)17-14-6-13-15(7-14)10(12)5-16/h1-6,10H,7H2. The van der Waals surface area contributed by atoms with Gasteiger partial charge in [0, 0.05) is 5.02 Å². The van der Waals surface area contributed by atoms with Gasteiger partial charge in [0.25, 0.3) is 0 Å². The van der Waals surface area contributed by atoms with Crippen LogP contribution in [0.5, 0.6) is 5.75 Å². The Morgan fingerprint density at radius 2 is 2.12 bits per heavy atom. The van der Waals surface area contributed by atoms with Gasteiger partial charge in [-0.3, -0.25) is 4.79 Å². The van der Waals surface area contributed by atoms with Crippen LogP contribution in [-0.2, 0) is 4.79 Å². The summed E-state index contributed by atoms with van der Waals surface area (Å²) in [4.78, 5) is 15.9. The molecule has 17 heavy (non-hydrogen) atoms. The Morgan fingerprint density at radius 3 is 2.76 bits per heavy atom. The number of carbonyl (C=O) groups is 1. The van der Waals surface area contributed by atoms with E-state index in [0.29, 0.717) is 17.1 Å². The van der Waals surface area contributed by atoms with E-state index in [1.807, 2.05) is 0 Å². The highest BCUT2D eigenvalue weighted by atomic mass is 35.5. The molecule has 1 heterocycles. The minimum atomic E-state index is -0.787. The average molecular weight is 274 g/mol. The molecule has 1 aliphatic heterocycles. The van der Waals surface area contributed by atoms with E-state index in [9.17, 15) is 4.79 Å². The van der Waals surface area contributed by atoms with Crippen molar-refractivity contribution in [3.05, 3.63) is 29.3 Å². The first-order chi connectivity index (χ1) is 8.19. The molecule has 0 aromatic heterocycles. The number of hydrazone groups is 1. The molecule has 0 radical (unpaired) electrons. The van der Waals surface area contributed by atoms with Crippen LogP contribution >= 0.6 is 23.2 Å². The number of hydroxylamine groups is 2. The third kappa shape index (κ3) is 3.01. The minimum Gasteiger partial charge on any atom is -0.377 e. The molecule has 0 saturated heterocycles. The lowest BCUT2D eigenvalue weighted by Crippen LogP contribution is -2.33. The molecule has 2 rings (SSSR count). The number of carbonyl (C=O) groups excluding carboxylic acids is 1. The first-order valence-corrected chi connectivity index (χ1v) is 5.61. The van der Waals surface area contributed by atoms with Crippen LogP contribution in [0.4, 0.5) is 0 Å². The van der Waals surface area contributed by atoms with Crippen LogP contribution in [0.2, 0.25) is 5.02 Å². The molecule has 1 aromatic carbocycles. The minimum absolute atomic E-state index is 0.287. The van der Waals surface area contributed by atoms with Crippen LogP contribution in [0.1, 0.15) is 0 Å². The summed E-state index contributed by atoms with van der Waals surface area (Å²) in [7, 11) is 0. The number of benzene rings is 1. The van der Waals surface area contributed by atoms with Crippen molar-refractivity contribution in [3.8, 4) is 5.75 Å². The second-order valence-electron chi connectivity index (χ2n) is 3.28. The van der Waals surface area contributed by atoms with E-state index in [0.717, 1.165) is 0 Å². The molecular weight excluding hydrogens is 265 g/mol. The maximum absolute atomic E-state index is 10.5. The van der Waals surface area contributed by atoms with Crippen molar-refractivity contribution >= 4 is 35.8 Å². The predicted octanol–water partition coefficient (Wildman–Crippen LogP) is 1.92. The van der Waals surface area contributed by atoms with Gasteiger partial charge in [-0.1, -0.05) is 23.2 Å². The van der Waals surface area contributed by atoms with Crippen molar-refractivity contribution in [1.82, 2.24) is 10.1 Å². The zero-order valence-electron chi connectivity index (χ0n) is 8.66. The van der Waals surface area contributed by atoms with Gasteiger partial charge in [0.2, 0.25) is 0 Å². The van der Waals surface area contributed by atoms with Crippen molar-refractivity contribution < 1.29 is 9.63 Å². The largest absolute Gasteiger partial charge is 0.377 e. The average Bonchev–Trinajstić information content (AvgIpc) is 2.80. The Morgan fingerprint density at radius 1 is 1.41 bits per heavy atom. The summed E-state index contributed by atoms with van der Waals surface area (Å²) in [5, 5.41) is 7.41. The Labute approximate surface area is 108 Å². The third-order valence-electron chi connectivity index (χ3n) is 2.05. The third-order valence-corrected chi connectivity index (χ3v) is 2.63. The summed E-state index contributed by atoms with van der Waals surface area (Å²) in [5.41, 5.74) is -0.787. The lowest BCUT2D eigenvalue weighted by Gasteiger charge is -2.19. The summed E-state index contributed by atoms with van der Waals surface area (Å²) in [6.45, 7) is 0.287. The maximum atomic E-state index is 10.5.